The van der Waals surface area contributed by atoms with Gasteiger partial charge in [0, 0.05) is 12.3 Å². The smallest absolute Gasteiger partial charge is 0.151 e. The maximum atomic E-state index is 13.2. The third-order valence-corrected chi connectivity index (χ3v) is 2.66. The van der Waals surface area contributed by atoms with Crippen LogP contribution in [0.4, 0.5) is 20.2 Å². The van der Waals surface area contributed by atoms with Crippen LogP contribution >= 0.6 is 0 Å². The average Bonchev–Trinajstić information content (AvgIpc) is 2.33. The molecule has 0 radical (unpaired) electrons. The molecule has 1 aromatic heterocycles. The number of pyridine rings is 1. The van der Waals surface area contributed by atoms with E-state index in [4.69, 9.17) is 5.73 Å². The third-order valence-electron chi connectivity index (χ3n) is 2.66. The molecule has 0 aliphatic heterocycles. The number of benzene rings is 1. The van der Waals surface area contributed by atoms with Gasteiger partial charge in [-0.3, -0.25) is 4.98 Å². The summed E-state index contributed by atoms with van der Waals surface area (Å²) in [6.45, 7) is 2.28. The summed E-state index contributed by atoms with van der Waals surface area (Å²) in [6.07, 6.45) is 1.67. The Kier molecular flexibility index (Phi) is 3.41. The van der Waals surface area contributed by atoms with Crippen LogP contribution in [0.15, 0.2) is 30.5 Å². The number of hydrogen-bond donors (Lipinski definition) is 2. The molecule has 1 aromatic carbocycles. The Bertz CT molecular complexity index is 570. The summed E-state index contributed by atoms with van der Waals surface area (Å²) in [7, 11) is 0. The van der Waals surface area contributed by atoms with Crippen molar-refractivity contribution in [3.05, 3.63) is 53.4 Å². The lowest BCUT2D eigenvalue weighted by molar-refractivity contribution is 0.587. The molecule has 1 heterocycles. The van der Waals surface area contributed by atoms with Crippen molar-refractivity contribution in [2.24, 2.45) is 0 Å². The molecule has 18 heavy (non-hydrogen) atoms. The van der Waals surface area contributed by atoms with Crippen LogP contribution in [0.1, 0.15) is 11.3 Å². The van der Waals surface area contributed by atoms with Gasteiger partial charge in [0.2, 0.25) is 0 Å². The molecule has 5 heteroatoms. The minimum absolute atomic E-state index is 0.0926. The highest BCUT2D eigenvalue weighted by Crippen LogP contribution is 2.23. The zero-order valence-electron chi connectivity index (χ0n) is 9.87. The molecule has 0 bridgehead atoms. The first-order valence-corrected chi connectivity index (χ1v) is 5.47. The summed E-state index contributed by atoms with van der Waals surface area (Å²) in [6, 6.07) is 5.66. The average molecular weight is 249 g/mol. The molecule has 0 aliphatic rings. The number of nitrogen functional groups attached to an aromatic ring is 1. The summed E-state index contributed by atoms with van der Waals surface area (Å²) in [5, 5.41) is 2.88. The predicted molar refractivity (Wildman–Crippen MR) is 67.1 cm³/mol. The Hall–Kier alpha value is -2.17. The molecule has 94 valence electrons. The second kappa shape index (κ2) is 5.00. The van der Waals surface area contributed by atoms with Crippen molar-refractivity contribution in [3.63, 3.8) is 0 Å². The molecule has 0 spiro atoms. The Morgan fingerprint density at radius 3 is 2.83 bits per heavy atom. The summed E-state index contributed by atoms with van der Waals surface area (Å²) < 4.78 is 26.3. The highest BCUT2D eigenvalue weighted by Gasteiger charge is 2.08. The van der Waals surface area contributed by atoms with Crippen LogP contribution in [0, 0.1) is 18.6 Å². The minimum atomic E-state index is -0.768. The van der Waals surface area contributed by atoms with Crippen molar-refractivity contribution in [2.45, 2.75) is 13.5 Å². The second-order valence-electron chi connectivity index (χ2n) is 3.97. The molecular formula is C13H13F2N3. The van der Waals surface area contributed by atoms with Crippen molar-refractivity contribution in [3.8, 4) is 0 Å². The fourth-order valence-corrected chi connectivity index (χ4v) is 1.61. The van der Waals surface area contributed by atoms with Gasteiger partial charge in [-0.1, -0.05) is 6.07 Å². The number of aryl methyl sites for hydroxylation is 1. The largest absolute Gasteiger partial charge is 0.395 e. The van der Waals surface area contributed by atoms with Crippen molar-refractivity contribution in [2.75, 3.05) is 11.1 Å². The minimum Gasteiger partial charge on any atom is -0.395 e. The normalized spacial score (nSPS) is 10.4. The van der Waals surface area contributed by atoms with Crippen LogP contribution < -0.4 is 11.1 Å². The summed E-state index contributed by atoms with van der Waals surface area (Å²) in [5.74, 6) is -1.43. The van der Waals surface area contributed by atoms with E-state index in [1.807, 2.05) is 19.1 Å². The van der Waals surface area contributed by atoms with Crippen LogP contribution in [0.3, 0.4) is 0 Å². The molecule has 2 rings (SSSR count). The molecule has 0 aliphatic carbocycles. The van der Waals surface area contributed by atoms with Crippen LogP contribution in [-0.4, -0.2) is 4.98 Å². The van der Waals surface area contributed by atoms with E-state index >= 15 is 0 Å². The number of nitrogens with zero attached hydrogens (tertiary/aromatic N) is 1. The van der Waals surface area contributed by atoms with Gasteiger partial charge in [-0.25, -0.2) is 8.78 Å². The van der Waals surface area contributed by atoms with E-state index in [1.165, 1.54) is 0 Å². The van der Waals surface area contributed by atoms with E-state index in [2.05, 4.69) is 10.3 Å². The topological polar surface area (TPSA) is 50.9 Å². The van der Waals surface area contributed by atoms with E-state index < -0.39 is 11.6 Å². The van der Waals surface area contributed by atoms with Gasteiger partial charge in [0.25, 0.3) is 0 Å². The number of rotatable bonds is 3. The van der Waals surface area contributed by atoms with Gasteiger partial charge in [0.1, 0.15) is 5.82 Å². The maximum absolute atomic E-state index is 13.2. The van der Waals surface area contributed by atoms with E-state index in [0.717, 1.165) is 23.4 Å². The molecule has 0 saturated carbocycles. The summed E-state index contributed by atoms with van der Waals surface area (Å²) in [4.78, 5) is 4.18. The van der Waals surface area contributed by atoms with E-state index in [0.29, 0.717) is 6.54 Å². The van der Waals surface area contributed by atoms with Gasteiger partial charge in [-0.15, -0.1) is 0 Å². The Morgan fingerprint density at radius 2 is 2.11 bits per heavy atom. The predicted octanol–water partition coefficient (Wildman–Crippen LogP) is 2.86. The van der Waals surface area contributed by atoms with Crippen molar-refractivity contribution >= 4 is 11.4 Å². The van der Waals surface area contributed by atoms with Gasteiger partial charge in [-0.05, 0) is 24.6 Å². The third kappa shape index (κ3) is 2.56. The van der Waals surface area contributed by atoms with Crippen LogP contribution in [-0.2, 0) is 6.54 Å². The molecule has 0 fully saturated rings. The fourth-order valence-electron chi connectivity index (χ4n) is 1.61. The number of aromatic nitrogens is 1. The zero-order valence-corrected chi connectivity index (χ0v) is 9.87. The highest BCUT2D eigenvalue weighted by molar-refractivity contribution is 5.66. The number of nitrogens with two attached hydrogens (primary N) is 1. The second-order valence-corrected chi connectivity index (χ2v) is 3.97. The first kappa shape index (κ1) is 12.3. The zero-order chi connectivity index (χ0) is 13.1. The maximum Gasteiger partial charge on any atom is 0.151 e. The Morgan fingerprint density at radius 1 is 1.33 bits per heavy atom. The highest BCUT2D eigenvalue weighted by atomic mass is 19.1. The monoisotopic (exact) mass is 249 g/mol. The number of halogens is 2. The fraction of sp³-hybridized carbons (Fsp3) is 0.154. The Balaban J connectivity index is 2.18. The molecular weight excluding hydrogens is 236 g/mol. The van der Waals surface area contributed by atoms with Gasteiger partial charge >= 0.3 is 0 Å². The quantitative estimate of drug-likeness (QED) is 0.822. The summed E-state index contributed by atoms with van der Waals surface area (Å²) in [5.41, 5.74) is 7.48. The van der Waals surface area contributed by atoms with E-state index in [1.54, 1.807) is 6.20 Å². The van der Waals surface area contributed by atoms with Crippen molar-refractivity contribution < 1.29 is 8.78 Å². The number of anilines is 2. The Labute approximate surface area is 104 Å². The number of nitrogens with one attached hydrogen (secondary N) is 1. The van der Waals surface area contributed by atoms with Crippen LogP contribution in [0.25, 0.3) is 0 Å². The van der Waals surface area contributed by atoms with Crippen LogP contribution in [0.5, 0.6) is 0 Å². The molecule has 3 nitrogen and oxygen atoms in total. The lowest BCUT2D eigenvalue weighted by Gasteiger charge is -2.11. The standard InChI is InChI=1S/C13H13F2N3/c1-8-3-2-4-17-12(8)7-18-11-6-9(14)5-10(15)13(11)16/h2-6,18H,7,16H2,1H3. The first-order chi connectivity index (χ1) is 8.58. The molecule has 0 amide bonds. The van der Waals surface area contributed by atoms with E-state index in [9.17, 15) is 8.78 Å². The lowest BCUT2D eigenvalue weighted by Crippen LogP contribution is -2.07. The SMILES string of the molecule is Cc1cccnc1CNc1cc(F)cc(F)c1N. The number of hydrogen-bond acceptors (Lipinski definition) is 3. The van der Waals surface area contributed by atoms with Gasteiger partial charge < -0.3 is 11.1 Å². The molecule has 0 atom stereocenters. The molecule has 0 saturated heterocycles. The summed E-state index contributed by atoms with van der Waals surface area (Å²) >= 11 is 0. The van der Waals surface area contributed by atoms with E-state index in [-0.39, 0.29) is 11.4 Å². The first-order valence-electron chi connectivity index (χ1n) is 5.47. The van der Waals surface area contributed by atoms with Crippen molar-refractivity contribution in [1.29, 1.82) is 0 Å². The lowest BCUT2D eigenvalue weighted by atomic mass is 10.2. The van der Waals surface area contributed by atoms with Crippen LogP contribution in [0.2, 0.25) is 0 Å². The van der Waals surface area contributed by atoms with Gasteiger partial charge in [0.05, 0.1) is 23.6 Å². The van der Waals surface area contributed by atoms with Crippen molar-refractivity contribution in [1.82, 2.24) is 4.98 Å². The van der Waals surface area contributed by atoms with Gasteiger partial charge in [0.15, 0.2) is 5.82 Å². The van der Waals surface area contributed by atoms with Gasteiger partial charge in [-0.2, -0.15) is 0 Å². The molecule has 0 unspecified atom stereocenters. The molecule has 3 N–H and O–H groups in total. The molecule has 2 aromatic rings.